The topological polar surface area (TPSA) is 117 Å². The van der Waals surface area contributed by atoms with Gasteiger partial charge in [-0.1, -0.05) is 22.9 Å². The molecule has 0 radical (unpaired) electrons. The number of nitrogens with two attached hydrogens (primary N) is 1. The minimum Gasteiger partial charge on any atom is -0.396 e. The van der Waals surface area contributed by atoms with E-state index in [0.29, 0.717) is 16.6 Å². The molecule has 25 heavy (non-hydrogen) atoms. The molecular weight excluding hydrogens is 338 g/mol. The van der Waals surface area contributed by atoms with Gasteiger partial charge < -0.3 is 20.9 Å². The molecule has 0 aliphatic carbocycles. The van der Waals surface area contributed by atoms with Gasteiger partial charge in [-0.05, 0) is 26.0 Å². The number of carbonyl (C=O) groups is 1. The zero-order chi connectivity index (χ0) is 18.0. The normalized spacial score (nSPS) is 10.3. The van der Waals surface area contributed by atoms with Gasteiger partial charge in [0.15, 0.2) is 5.82 Å². The third-order valence-corrected chi connectivity index (χ3v) is 4.56. The molecule has 3 rings (SSSR count). The van der Waals surface area contributed by atoms with Crippen LogP contribution in [0.25, 0.3) is 0 Å². The lowest BCUT2D eigenvalue weighted by atomic mass is 10.2. The summed E-state index contributed by atoms with van der Waals surface area (Å²) < 4.78 is 4.91. The summed E-state index contributed by atoms with van der Waals surface area (Å²) in [6, 6.07) is 11.3. The van der Waals surface area contributed by atoms with E-state index in [4.69, 9.17) is 10.3 Å². The van der Waals surface area contributed by atoms with E-state index in [1.165, 1.54) is 0 Å². The maximum absolute atomic E-state index is 12.4. The SMILES string of the molecule is Cc1ccc(Nc2sc(C(=O)Nc3cc(C)on3)c(N)c2C#N)cc1. The van der Waals surface area contributed by atoms with Crippen LogP contribution in [0.1, 0.15) is 26.6 Å². The molecule has 4 N–H and O–H groups in total. The first-order valence-electron chi connectivity index (χ1n) is 7.38. The fourth-order valence-electron chi connectivity index (χ4n) is 2.18. The van der Waals surface area contributed by atoms with Crippen LogP contribution in [-0.4, -0.2) is 11.1 Å². The fraction of sp³-hybridized carbons (Fsp3) is 0.118. The minimum absolute atomic E-state index is 0.139. The van der Waals surface area contributed by atoms with Crippen molar-refractivity contribution in [2.75, 3.05) is 16.4 Å². The summed E-state index contributed by atoms with van der Waals surface area (Å²) in [7, 11) is 0. The molecule has 0 saturated heterocycles. The lowest BCUT2D eigenvalue weighted by molar-refractivity contribution is 0.103. The second-order valence-electron chi connectivity index (χ2n) is 5.43. The maximum atomic E-state index is 12.4. The van der Waals surface area contributed by atoms with E-state index in [1.807, 2.05) is 37.3 Å². The van der Waals surface area contributed by atoms with Gasteiger partial charge in [0, 0.05) is 11.8 Å². The van der Waals surface area contributed by atoms with Gasteiger partial charge in [-0.2, -0.15) is 5.26 Å². The summed E-state index contributed by atoms with van der Waals surface area (Å²) in [6.07, 6.45) is 0. The van der Waals surface area contributed by atoms with Gasteiger partial charge in [-0.25, -0.2) is 0 Å². The molecule has 2 heterocycles. The monoisotopic (exact) mass is 353 g/mol. The van der Waals surface area contributed by atoms with E-state index in [1.54, 1.807) is 13.0 Å². The minimum atomic E-state index is -0.441. The Balaban J connectivity index is 1.88. The molecule has 7 nitrogen and oxygen atoms in total. The highest BCUT2D eigenvalue weighted by molar-refractivity contribution is 7.19. The molecule has 3 aromatic rings. The van der Waals surface area contributed by atoms with Crippen molar-refractivity contribution in [2.24, 2.45) is 0 Å². The van der Waals surface area contributed by atoms with E-state index in [-0.39, 0.29) is 16.1 Å². The van der Waals surface area contributed by atoms with Crippen molar-refractivity contribution >= 4 is 39.4 Å². The molecule has 0 saturated carbocycles. The Morgan fingerprint density at radius 3 is 2.64 bits per heavy atom. The Morgan fingerprint density at radius 2 is 2.04 bits per heavy atom. The number of hydrogen-bond donors (Lipinski definition) is 3. The van der Waals surface area contributed by atoms with Crippen LogP contribution < -0.4 is 16.4 Å². The molecule has 0 atom stereocenters. The summed E-state index contributed by atoms with van der Waals surface area (Å²) in [5, 5.41) is 19.4. The Labute approximate surface area is 148 Å². The van der Waals surface area contributed by atoms with Crippen molar-refractivity contribution in [1.29, 1.82) is 5.26 Å². The average molecular weight is 353 g/mol. The highest BCUT2D eigenvalue weighted by Gasteiger charge is 2.22. The zero-order valence-electron chi connectivity index (χ0n) is 13.6. The van der Waals surface area contributed by atoms with Gasteiger partial charge in [-0.3, -0.25) is 4.79 Å². The molecule has 0 fully saturated rings. The van der Waals surface area contributed by atoms with Crippen molar-refractivity contribution in [3.8, 4) is 6.07 Å². The van der Waals surface area contributed by atoms with Crippen molar-refractivity contribution in [3.63, 3.8) is 0 Å². The van der Waals surface area contributed by atoms with Gasteiger partial charge in [-0.15, -0.1) is 11.3 Å². The highest BCUT2D eigenvalue weighted by atomic mass is 32.1. The van der Waals surface area contributed by atoms with Gasteiger partial charge in [0.05, 0.1) is 5.69 Å². The average Bonchev–Trinajstić information content (AvgIpc) is 3.12. The molecule has 1 aromatic carbocycles. The molecule has 126 valence electrons. The Bertz CT molecular complexity index is 966. The molecule has 0 unspecified atom stereocenters. The van der Waals surface area contributed by atoms with Crippen LogP contribution in [0.5, 0.6) is 0 Å². The van der Waals surface area contributed by atoms with Crippen LogP contribution in [-0.2, 0) is 0 Å². The summed E-state index contributed by atoms with van der Waals surface area (Å²) in [5.41, 5.74) is 8.31. The largest absolute Gasteiger partial charge is 0.396 e. The number of benzene rings is 1. The molecule has 0 aliphatic rings. The molecule has 0 aliphatic heterocycles. The third kappa shape index (κ3) is 3.46. The first-order chi connectivity index (χ1) is 12.0. The van der Waals surface area contributed by atoms with Crippen LogP contribution in [0.3, 0.4) is 0 Å². The van der Waals surface area contributed by atoms with Gasteiger partial charge >= 0.3 is 0 Å². The van der Waals surface area contributed by atoms with Gasteiger partial charge in [0.25, 0.3) is 5.91 Å². The van der Waals surface area contributed by atoms with E-state index < -0.39 is 5.91 Å². The second kappa shape index (κ2) is 6.67. The number of aromatic nitrogens is 1. The first kappa shape index (κ1) is 16.5. The van der Waals surface area contributed by atoms with Gasteiger partial charge in [0.2, 0.25) is 0 Å². The lowest BCUT2D eigenvalue weighted by Gasteiger charge is -2.04. The molecule has 1 amide bonds. The van der Waals surface area contributed by atoms with Crippen molar-refractivity contribution in [3.05, 3.63) is 52.1 Å². The number of nitrogens with zero attached hydrogens (tertiary/aromatic N) is 2. The number of anilines is 4. The summed E-state index contributed by atoms with van der Waals surface area (Å²) in [4.78, 5) is 12.7. The van der Waals surface area contributed by atoms with Crippen molar-refractivity contribution in [2.45, 2.75) is 13.8 Å². The number of nitrogen functional groups attached to an aromatic ring is 1. The number of amides is 1. The number of carbonyl (C=O) groups excluding carboxylic acids is 1. The summed E-state index contributed by atoms with van der Waals surface area (Å²) >= 11 is 1.11. The number of rotatable bonds is 4. The molecule has 2 aromatic heterocycles. The molecule has 0 spiro atoms. The quantitative estimate of drug-likeness (QED) is 0.657. The molecular formula is C17H15N5O2S. The van der Waals surface area contributed by atoms with E-state index in [0.717, 1.165) is 22.6 Å². The predicted octanol–water partition coefficient (Wildman–Crippen LogP) is 3.80. The Hall–Kier alpha value is -3.31. The van der Waals surface area contributed by atoms with Crippen molar-refractivity contribution in [1.82, 2.24) is 5.16 Å². The van der Waals surface area contributed by atoms with Crippen LogP contribution in [0.2, 0.25) is 0 Å². The Morgan fingerprint density at radius 1 is 1.32 bits per heavy atom. The maximum Gasteiger partial charge on any atom is 0.269 e. The van der Waals surface area contributed by atoms with E-state index in [2.05, 4.69) is 15.8 Å². The number of hydrogen-bond acceptors (Lipinski definition) is 7. The second-order valence-corrected chi connectivity index (χ2v) is 6.45. The number of thiophene rings is 1. The number of nitrogens with one attached hydrogen (secondary N) is 2. The van der Waals surface area contributed by atoms with E-state index >= 15 is 0 Å². The fourth-order valence-corrected chi connectivity index (χ4v) is 3.16. The van der Waals surface area contributed by atoms with Crippen LogP contribution >= 0.6 is 11.3 Å². The first-order valence-corrected chi connectivity index (χ1v) is 8.20. The molecule has 8 heteroatoms. The summed E-state index contributed by atoms with van der Waals surface area (Å²) in [5.74, 6) is 0.431. The number of nitriles is 1. The van der Waals surface area contributed by atoms with Crippen LogP contribution in [0.15, 0.2) is 34.9 Å². The van der Waals surface area contributed by atoms with Crippen LogP contribution in [0, 0.1) is 25.2 Å². The van der Waals surface area contributed by atoms with E-state index in [9.17, 15) is 10.1 Å². The van der Waals surface area contributed by atoms with Crippen molar-refractivity contribution < 1.29 is 9.32 Å². The van der Waals surface area contributed by atoms with Gasteiger partial charge in [0.1, 0.15) is 27.3 Å². The predicted molar refractivity (Wildman–Crippen MR) is 97.1 cm³/mol. The standard InChI is InChI=1S/C17H15N5O2S/c1-9-3-5-11(6-4-9)20-17-12(8-18)14(19)15(25-17)16(23)21-13-7-10(2)24-22-13/h3-7,20H,19H2,1-2H3,(H,21,22,23). The highest BCUT2D eigenvalue weighted by Crippen LogP contribution is 2.37. The third-order valence-electron chi connectivity index (χ3n) is 3.44. The zero-order valence-corrected chi connectivity index (χ0v) is 14.4. The molecule has 0 bridgehead atoms. The smallest absolute Gasteiger partial charge is 0.269 e. The number of aryl methyl sites for hydroxylation is 2. The van der Waals surface area contributed by atoms with Crippen LogP contribution in [0.4, 0.5) is 22.2 Å². The Kier molecular flexibility index (Phi) is 4.41. The lowest BCUT2D eigenvalue weighted by Crippen LogP contribution is -2.12. The summed E-state index contributed by atoms with van der Waals surface area (Å²) in [6.45, 7) is 3.71.